The summed E-state index contributed by atoms with van der Waals surface area (Å²) in [5.41, 5.74) is 1.44. The van der Waals surface area contributed by atoms with Gasteiger partial charge in [-0.1, -0.05) is 30.3 Å². The van der Waals surface area contributed by atoms with Gasteiger partial charge in [0.2, 0.25) is 5.75 Å². The summed E-state index contributed by atoms with van der Waals surface area (Å²) in [6, 6.07) is 12.9. The SMILES string of the molecule is COc1cc(C(=O)CC(=O)CCc2ccccc2)cc(OC)c1OC. The van der Waals surface area contributed by atoms with Gasteiger partial charge in [0.15, 0.2) is 17.3 Å². The highest BCUT2D eigenvalue weighted by molar-refractivity contribution is 6.08. The summed E-state index contributed by atoms with van der Waals surface area (Å²) < 4.78 is 15.7. The van der Waals surface area contributed by atoms with E-state index < -0.39 is 0 Å². The fourth-order valence-electron chi connectivity index (χ4n) is 2.54. The second kappa shape index (κ2) is 8.87. The minimum Gasteiger partial charge on any atom is -0.493 e. The van der Waals surface area contributed by atoms with Gasteiger partial charge in [-0.2, -0.15) is 0 Å². The Hall–Kier alpha value is -2.82. The summed E-state index contributed by atoms with van der Waals surface area (Å²) in [6.07, 6.45) is 0.813. The van der Waals surface area contributed by atoms with Crippen molar-refractivity contribution in [3.05, 3.63) is 53.6 Å². The lowest BCUT2D eigenvalue weighted by Crippen LogP contribution is -2.10. The van der Waals surface area contributed by atoms with Gasteiger partial charge in [-0.25, -0.2) is 0 Å². The average Bonchev–Trinajstić information content (AvgIpc) is 2.65. The number of carbonyl (C=O) groups is 2. The van der Waals surface area contributed by atoms with Crippen molar-refractivity contribution < 1.29 is 23.8 Å². The lowest BCUT2D eigenvalue weighted by molar-refractivity contribution is -0.118. The van der Waals surface area contributed by atoms with E-state index in [9.17, 15) is 9.59 Å². The molecule has 2 rings (SSSR count). The Morgan fingerprint density at radius 1 is 0.880 bits per heavy atom. The third kappa shape index (κ3) is 4.83. The van der Waals surface area contributed by atoms with Crippen LogP contribution in [0.25, 0.3) is 0 Å². The zero-order valence-electron chi connectivity index (χ0n) is 14.7. The van der Waals surface area contributed by atoms with Crippen LogP contribution < -0.4 is 14.2 Å². The second-order valence-electron chi connectivity index (χ2n) is 5.54. The molecule has 0 amide bonds. The van der Waals surface area contributed by atoms with Crippen LogP contribution in [0.5, 0.6) is 17.2 Å². The Bertz CT molecular complexity index is 712. The fourth-order valence-corrected chi connectivity index (χ4v) is 2.54. The number of carbonyl (C=O) groups excluding carboxylic acids is 2. The first-order valence-corrected chi connectivity index (χ1v) is 7.97. The van der Waals surface area contributed by atoms with Crippen molar-refractivity contribution in [2.45, 2.75) is 19.3 Å². The Morgan fingerprint density at radius 2 is 1.48 bits per heavy atom. The first-order chi connectivity index (χ1) is 12.1. The lowest BCUT2D eigenvalue weighted by atomic mass is 10.0. The van der Waals surface area contributed by atoms with E-state index in [0.717, 1.165) is 5.56 Å². The summed E-state index contributed by atoms with van der Waals surface area (Å²) in [5, 5.41) is 0. The van der Waals surface area contributed by atoms with Gasteiger partial charge >= 0.3 is 0 Å². The van der Waals surface area contributed by atoms with Crippen molar-refractivity contribution in [1.82, 2.24) is 0 Å². The van der Waals surface area contributed by atoms with E-state index in [2.05, 4.69) is 0 Å². The molecule has 132 valence electrons. The van der Waals surface area contributed by atoms with Gasteiger partial charge in [0, 0.05) is 12.0 Å². The maximum atomic E-state index is 12.4. The van der Waals surface area contributed by atoms with Crippen LogP contribution in [0.15, 0.2) is 42.5 Å². The summed E-state index contributed by atoms with van der Waals surface area (Å²) in [5.74, 6) is 0.834. The number of ketones is 2. The van der Waals surface area contributed by atoms with Crippen LogP contribution in [0, 0.1) is 0 Å². The third-order valence-corrected chi connectivity index (χ3v) is 3.88. The highest BCUT2D eigenvalue weighted by Crippen LogP contribution is 2.38. The predicted octanol–water partition coefficient (Wildman–Crippen LogP) is 3.49. The summed E-state index contributed by atoms with van der Waals surface area (Å²) in [7, 11) is 4.46. The van der Waals surface area contributed by atoms with Crippen LogP contribution in [0.3, 0.4) is 0 Å². The predicted molar refractivity (Wildman–Crippen MR) is 94.8 cm³/mol. The van der Waals surface area contributed by atoms with Gasteiger partial charge in [0.25, 0.3) is 0 Å². The van der Waals surface area contributed by atoms with E-state index in [4.69, 9.17) is 14.2 Å². The van der Waals surface area contributed by atoms with E-state index >= 15 is 0 Å². The van der Waals surface area contributed by atoms with E-state index in [0.29, 0.717) is 35.7 Å². The maximum Gasteiger partial charge on any atom is 0.203 e. The van der Waals surface area contributed by atoms with Gasteiger partial charge in [0.1, 0.15) is 5.78 Å². The number of benzene rings is 2. The van der Waals surface area contributed by atoms with Crippen molar-refractivity contribution in [3.63, 3.8) is 0 Å². The molecular formula is C20H22O5. The molecule has 0 spiro atoms. The lowest BCUT2D eigenvalue weighted by Gasteiger charge is -2.13. The molecule has 0 radical (unpaired) electrons. The zero-order chi connectivity index (χ0) is 18.2. The molecule has 0 heterocycles. The molecule has 5 nitrogen and oxygen atoms in total. The molecule has 0 fully saturated rings. The monoisotopic (exact) mass is 342 g/mol. The molecule has 0 aliphatic rings. The molecule has 25 heavy (non-hydrogen) atoms. The normalized spacial score (nSPS) is 10.2. The Labute approximate surface area is 147 Å². The second-order valence-corrected chi connectivity index (χ2v) is 5.54. The zero-order valence-corrected chi connectivity index (χ0v) is 14.7. The quantitative estimate of drug-likeness (QED) is 0.516. The minimum atomic E-state index is -0.266. The standard InChI is InChI=1S/C20H22O5/c1-23-18-11-15(12-19(24-2)20(18)25-3)17(22)13-16(21)10-9-14-7-5-4-6-8-14/h4-8,11-12H,9-10,13H2,1-3H3. The molecule has 0 aliphatic carbocycles. The van der Waals surface area contributed by atoms with Crippen LogP contribution in [-0.4, -0.2) is 32.9 Å². The first-order valence-electron chi connectivity index (χ1n) is 7.97. The van der Waals surface area contributed by atoms with Crippen molar-refractivity contribution in [2.24, 2.45) is 0 Å². The van der Waals surface area contributed by atoms with Crippen molar-refractivity contribution in [3.8, 4) is 17.2 Å². The van der Waals surface area contributed by atoms with E-state index in [1.807, 2.05) is 30.3 Å². The molecule has 0 aromatic heterocycles. The van der Waals surface area contributed by atoms with Gasteiger partial charge in [0.05, 0.1) is 27.8 Å². The Balaban J connectivity index is 2.06. The molecule has 0 saturated heterocycles. The van der Waals surface area contributed by atoms with Crippen LogP contribution >= 0.6 is 0 Å². The molecule has 0 N–H and O–H groups in total. The summed E-state index contributed by atoms with van der Waals surface area (Å²) in [6.45, 7) is 0. The number of aryl methyl sites for hydroxylation is 1. The number of rotatable bonds is 9. The molecule has 0 unspecified atom stereocenters. The highest BCUT2D eigenvalue weighted by Gasteiger charge is 2.18. The van der Waals surface area contributed by atoms with Crippen molar-refractivity contribution in [2.75, 3.05) is 21.3 Å². The molecular weight excluding hydrogens is 320 g/mol. The number of hydrogen-bond donors (Lipinski definition) is 0. The average molecular weight is 342 g/mol. The van der Waals surface area contributed by atoms with Gasteiger partial charge < -0.3 is 14.2 Å². The summed E-state index contributed by atoms with van der Waals surface area (Å²) >= 11 is 0. The van der Waals surface area contributed by atoms with E-state index in [1.54, 1.807) is 12.1 Å². The first kappa shape index (κ1) is 18.5. The summed E-state index contributed by atoms with van der Waals surface area (Å²) in [4.78, 5) is 24.6. The van der Waals surface area contributed by atoms with E-state index in [1.165, 1.54) is 21.3 Å². The van der Waals surface area contributed by atoms with Gasteiger partial charge in [-0.15, -0.1) is 0 Å². The van der Waals surface area contributed by atoms with E-state index in [-0.39, 0.29) is 18.0 Å². The number of methoxy groups -OCH3 is 3. The fraction of sp³-hybridized carbons (Fsp3) is 0.300. The topological polar surface area (TPSA) is 61.8 Å². The van der Waals surface area contributed by atoms with Gasteiger partial charge in [-0.3, -0.25) is 9.59 Å². The number of hydrogen-bond acceptors (Lipinski definition) is 5. The maximum absolute atomic E-state index is 12.4. The third-order valence-electron chi connectivity index (χ3n) is 3.88. The Morgan fingerprint density at radius 3 is 2.00 bits per heavy atom. The van der Waals surface area contributed by atoms with Crippen molar-refractivity contribution >= 4 is 11.6 Å². The smallest absolute Gasteiger partial charge is 0.203 e. The minimum absolute atomic E-state index is 0.0948. The molecule has 5 heteroatoms. The molecule has 0 bridgehead atoms. The molecule has 2 aromatic carbocycles. The Kier molecular flexibility index (Phi) is 6.57. The van der Waals surface area contributed by atoms with Crippen LogP contribution in [0.1, 0.15) is 28.8 Å². The van der Waals surface area contributed by atoms with Crippen LogP contribution in [-0.2, 0) is 11.2 Å². The molecule has 0 atom stereocenters. The number of ether oxygens (including phenoxy) is 3. The molecule has 0 saturated carbocycles. The van der Waals surface area contributed by atoms with Crippen LogP contribution in [0.2, 0.25) is 0 Å². The molecule has 0 aliphatic heterocycles. The molecule has 2 aromatic rings. The van der Waals surface area contributed by atoms with Crippen LogP contribution in [0.4, 0.5) is 0 Å². The number of Topliss-reactive ketones (excluding diaryl/α,β-unsaturated/α-hetero) is 2. The highest BCUT2D eigenvalue weighted by atomic mass is 16.5. The van der Waals surface area contributed by atoms with Gasteiger partial charge in [-0.05, 0) is 24.1 Å². The largest absolute Gasteiger partial charge is 0.493 e. The van der Waals surface area contributed by atoms with Crippen molar-refractivity contribution in [1.29, 1.82) is 0 Å².